The van der Waals surface area contributed by atoms with E-state index >= 15 is 0 Å². The lowest BCUT2D eigenvalue weighted by atomic mass is 9.92. The molecule has 0 aliphatic heterocycles. The average Bonchev–Trinajstić information content (AvgIpc) is 2.35. The standard InChI is InChI=1S/C14H23NO/c1-4-12(9-10-15)14-7-5-13(6-8-14)11(2)16-3/h5-8,11-12H,4,9-10,15H2,1-3H3/t11-,12?/m0/s1. The molecule has 0 radical (unpaired) electrons. The Morgan fingerprint density at radius 2 is 1.75 bits per heavy atom. The summed E-state index contributed by atoms with van der Waals surface area (Å²) in [6, 6.07) is 8.72. The van der Waals surface area contributed by atoms with Crippen LogP contribution < -0.4 is 5.73 Å². The second kappa shape index (κ2) is 6.66. The van der Waals surface area contributed by atoms with E-state index in [0.717, 1.165) is 19.4 Å². The fourth-order valence-corrected chi connectivity index (χ4v) is 1.98. The van der Waals surface area contributed by atoms with Crippen LogP contribution in [-0.4, -0.2) is 13.7 Å². The van der Waals surface area contributed by atoms with Crippen LogP contribution in [0.3, 0.4) is 0 Å². The van der Waals surface area contributed by atoms with Gasteiger partial charge in [0.2, 0.25) is 0 Å². The summed E-state index contributed by atoms with van der Waals surface area (Å²) in [5, 5.41) is 0. The monoisotopic (exact) mass is 221 g/mol. The largest absolute Gasteiger partial charge is 0.377 e. The first-order valence-corrected chi connectivity index (χ1v) is 6.05. The Balaban J connectivity index is 2.76. The highest BCUT2D eigenvalue weighted by Gasteiger charge is 2.09. The van der Waals surface area contributed by atoms with Gasteiger partial charge in [-0.2, -0.15) is 0 Å². The Morgan fingerprint density at radius 3 is 2.19 bits per heavy atom. The zero-order chi connectivity index (χ0) is 12.0. The molecule has 0 bridgehead atoms. The highest BCUT2D eigenvalue weighted by molar-refractivity contribution is 5.26. The summed E-state index contributed by atoms with van der Waals surface area (Å²) in [5.41, 5.74) is 8.24. The quantitative estimate of drug-likeness (QED) is 0.800. The van der Waals surface area contributed by atoms with Gasteiger partial charge in [0.25, 0.3) is 0 Å². The second-order valence-corrected chi connectivity index (χ2v) is 4.23. The Kier molecular flexibility index (Phi) is 5.50. The van der Waals surface area contributed by atoms with Gasteiger partial charge >= 0.3 is 0 Å². The maximum Gasteiger partial charge on any atom is 0.0793 e. The van der Waals surface area contributed by atoms with Gasteiger partial charge in [-0.25, -0.2) is 0 Å². The molecule has 0 spiro atoms. The minimum Gasteiger partial charge on any atom is -0.377 e. The van der Waals surface area contributed by atoms with Gasteiger partial charge in [-0.3, -0.25) is 0 Å². The van der Waals surface area contributed by atoms with Gasteiger partial charge in [0.1, 0.15) is 0 Å². The van der Waals surface area contributed by atoms with Gasteiger partial charge < -0.3 is 10.5 Å². The summed E-state index contributed by atoms with van der Waals surface area (Å²) in [7, 11) is 1.74. The van der Waals surface area contributed by atoms with Crippen molar-refractivity contribution >= 4 is 0 Å². The zero-order valence-corrected chi connectivity index (χ0v) is 10.6. The number of hydrogen-bond acceptors (Lipinski definition) is 2. The topological polar surface area (TPSA) is 35.2 Å². The van der Waals surface area contributed by atoms with E-state index in [-0.39, 0.29) is 6.10 Å². The summed E-state index contributed by atoms with van der Waals surface area (Å²) in [6.45, 7) is 5.03. The Morgan fingerprint density at radius 1 is 1.19 bits per heavy atom. The van der Waals surface area contributed by atoms with Crippen LogP contribution in [0, 0.1) is 0 Å². The van der Waals surface area contributed by atoms with Crippen LogP contribution in [0.5, 0.6) is 0 Å². The average molecular weight is 221 g/mol. The van der Waals surface area contributed by atoms with Gasteiger partial charge in [0, 0.05) is 7.11 Å². The van der Waals surface area contributed by atoms with Crippen molar-refractivity contribution < 1.29 is 4.74 Å². The summed E-state index contributed by atoms with van der Waals surface area (Å²) >= 11 is 0. The third-order valence-electron chi connectivity index (χ3n) is 3.24. The van der Waals surface area contributed by atoms with E-state index in [9.17, 15) is 0 Å². The molecular formula is C14H23NO. The van der Waals surface area contributed by atoms with E-state index in [2.05, 4.69) is 38.1 Å². The summed E-state index contributed by atoms with van der Waals surface area (Å²) in [5.74, 6) is 0.594. The van der Waals surface area contributed by atoms with Crippen molar-refractivity contribution in [3.05, 3.63) is 35.4 Å². The maximum absolute atomic E-state index is 5.62. The lowest BCUT2D eigenvalue weighted by Crippen LogP contribution is -2.07. The Bertz CT molecular complexity index is 294. The lowest BCUT2D eigenvalue weighted by molar-refractivity contribution is 0.119. The highest BCUT2D eigenvalue weighted by atomic mass is 16.5. The molecule has 1 aromatic rings. The molecule has 0 aromatic heterocycles. The summed E-state index contributed by atoms with van der Waals surface area (Å²) in [6.07, 6.45) is 2.38. The number of benzene rings is 1. The first-order chi connectivity index (χ1) is 7.72. The van der Waals surface area contributed by atoms with Crippen LogP contribution in [-0.2, 0) is 4.74 Å². The van der Waals surface area contributed by atoms with Crippen LogP contribution in [0.15, 0.2) is 24.3 Å². The molecule has 0 heterocycles. The number of nitrogens with two attached hydrogens (primary N) is 1. The molecule has 90 valence electrons. The van der Waals surface area contributed by atoms with Crippen molar-refractivity contribution in [3.8, 4) is 0 Å². The van der Waals surface area contributed by atoms with Crippen molar-refractivity contribution in [2.75, 3.05) is 13.7 Å². The van der Waals surface area contributed by atoms with Gasteiger partial charge in [-0.1, -0.05) is 31.2 Å². The van der Waals surface area contributed by atoms with Crippen LogP contribution in [0.1, 0.15) is 49.8 Å². The third kappa shape index (κ3) is 3.32. The molecule has 1 aromatic carbocycles. The first kappa shape index (κ1) is 13.2. The predicted octanol–water partition coefficient (Wildman–Crippen LogP) is 3.24. The van der Waals surface area contributed by atoms with Gasteiger partial charge in [0.05, 0.1) is 6.10 Å². The van der Waals surface area contributed by atoms with Crippen molar-refractivity contribution in [1.29, 1.82) is 0 Å². The SMILES string of the molecule is CCC(CCN)c1ccc([C@H](C)OC)cc1. The molecule has 0 saturated carbocycles. The van der Waals surface area contributed by atoms with Crippen molar-refractivity contribution in [2.45, 2.75) is 38.7 Å². The van der Waals surface area contributed by atoms with Crippen LogP contribution in [0.25, 0.3) is 0 Å². The van der Waals surface area contributed by atoms with Crippen LogP contribution >= 0.6 is 0 Å². The molecule has 0 saturated heterocycles. The van der Waals surface area contributed by atoms with Gasteiger partial charge in [-0.15, -0.1) is 0 Å². The predicted molar refractivity (Wildman–Crippen MR) is 68.6 cm³/mol. The van der Waals surface area contributed by atoms with Crippen molar-refractivity contribution in [1.82, 2.24) is 0 Å². The molecular weight excluding hydrogens is 198 g/mol. The fourth-order valence-electron chi connectivity index (χ4n) is 1.98. The Hall–Kier alpha value is -0.860. The van der Waals surface area contributed by atoms with Crippen LogP contribution in [0.2, 0.25) is 0 Å². The minimum atomic E-state index is 0.170. The molecule has 2 N–H and O–H groups in total. The Labute approximate surface area is 98.8 Å². The fraction of sp³-hybridized carbons (Fsp3) is 0.571. The second-order valence-electron chi connectivity index (χ2n) is 4.23. The molecule has 0 aliphatic carbocycles. The molecule has 0 aliphatic rings. The van der Waals surface area contributed by atoms with E-state index in [1.54, 1.807) is 7.11 Å². The lowest BCUT2D eigenvalue weighted by Gasteiger charge is -2.16. The van der Waals surface area contributed by atoms with E-state index in [1.165, 1.54) is 11.1 Å². The molecule has 0 amide bonds. The molecule has 2 atom stereocenters. The van der Waals surface area contributed by atoms with Gasteiger partial charge in [-0.05, 0) is 43.4 Å². The normalized spacial score (nSPS) is 14.8. The smallest absolute Gasteiger partial charge is 0.0793 e. The molecule has 0 fully saturated rings. The molecule has 1 rings (SSSR count). The number of ether oxygens (including phenoxy) is 1. The van der Waals surface area contributed by atoms with Crippen LogP contribution in [0.4, 0.5) is 0 Å². The minimum absolute atomic E-state index is 0.170. The van der Waals surface area contributed by atoms with E-state index < -0.39 is 0 Å². The summed E-state index contributed by atoms with van der Waals surface area (Å²) < 4.78 is 5.29. The zero-order valence-electron chi connectivity index (χ0n) is 10.6. The number of methoxy groups -OCH3 is 1. The van der Waals surface area contributed by atoms with Gasteiger partial charge in [0.15, 0.2) is 0 Å². The third-order valence-corrected chi connectivity index (χ3v) is 3.24. The van der Waals surface area contributed by atoms with Crippen molar-refractivity contribution in [3.63, 3.8) is 0 Å². The van der Waals surface area contributed by atoms with E-state index in [0.29, 0.717) is 5.92 Å². The first-order valence-electron chi connectivity index (χ1n) is 6.05. The van der Waals surface area contributed by atoms with Crippen molar-refractivity contribution in [2.24, 2.45) is 5.73 Å². The molecule has 1 unspecified atom stereocenters. The summed E-state index contributed by atoms with van der Waals surface area (Å²) in [4.78, 5) is 0. The maximum atomic E-state index is 5.62. The van der Waals surface area contributed by atoms with E-state index in [4.69, 9.17) is 10.5 Å². The number of rotatable bonds is 6. The molecule has 2 nitrogen and oxygen atoms in total. The molecule has 2 heteroatoms. The van der Waals surface area contributed by atoms with E-state index in [1.807, 2.05) is 0 Å². The molecule has 16 heavy (non-hydrogen) atoms. The number of hydrogen-bond donors (Lipinski definition) is 1. The highest BCUT2D eigenvalue weighted by Crippen LogP contribution is 2.24.